The maximum atomic E-state index is 11.0. The first-order valence-corrected chi connectivity index (χ1v) is 6.51. The third-order valence-corrected chi connectivity index (χ3v) is 4.25. The molecule has 0 radical (unpaired) electrons. The highest BCUT2D eigenvalue weighted by molar-refractivity contribution is 9.10. The molecule has 1 aromatic carbocycles. The Balaban J connectivity index is 2.30. The first-order chi connectivity index (χ1) is 8.00. The lowest BCUT2D eigenvalue weighted by Crippen LogP contribution is -2.18. The quantitative estimate of drug-likeness (QED) is 0.882. The molecule has 2 N–H and O–H groups in total. The summed E-state index contributed by atoms with van der Waals surface area (Å²) in [6.07, 6.45) is 0.665. The van der Waals surface area contributed by atoms with Crippen LogP contribution in [-0.4, -0.2) is 17.6 Å². The maximum Gasteiger partial charge on any atom is 0.307 e. The summed E-state index contributed by atoms with van der Waals surface area (Å²) in [5.41, 5.74) is 3.68. The summed E-state index contributed by atoms with van der Waals surface area (Å²) in [7, 11) is 0. The van der Waals surface area contributed by atoms with E-state index in [0.29, 0.717) is 13.0 Å². The molecular weight excluding hydrogens is 282 g/mol. The van der Waals surface area contributed by atoms with Crippen molar-refractivity contribution in [1.29, 1.82) is 0 Å². The second-order valence-electron chi connectivity index (χ2n) is 4.63. The van der Waals surface area contributed by atoms with E-state index in [2.05, 4.69) is 41.2 Å². The minimum atomic E-state index is -0.707. The summed E-state index contributed by atoms with van der Waals surface area (Å²) in [6.45, 7) is 4.72. The highest BCUT2D eigenvalue weighted by Crippen LogP contribution is 2.35. The molecule has 1 aliphatic heterocycles. The van der Waals surface area contributed by atoms with E-state index in [1.807, 2.05) is 6.07 Å². The molecule has 2 rings (SSSR count). The lowest BCUT2D eigenvalue weighted by molar-refractivity contribution is -0.141. The number of nitrogens with one attached hydrogen (secondary N) is 1. The van der Waals surface area contributed by atoms with Crippen molar-refractivity contribution in [2.75, 3.05) is 6.54 Å². The van der Waals surface area contributed by atoms with Crippen LogP contribution < -0.4 is 5.32 Å². The fourth-order valence-corrected chi connectivity index (χ4v) is 3.08. The Morgan fingerprint density at radius 2 is 2.18 bits per heavy atom. The molecule has 2 atom stereocenters. The minimum absolute atomic E-state index is 0.144. The molecule has 3 nitrogen and oxygen atoms in total. The Labute approximate surface area is 109 Å². The highest BCUT2D eigenvalue weighted by Gasteiger charge is 2.31. The standard InChI is InChI=1S/C13H16BrNO2/c1-7-3-4-10(14)12(8(7)2)11-5-9(6-15-11)13(16)17/h3-4,9,11,15H,5-6H2,1-2H3,(H,16,17). The van der Waals surface area contributed by atoms with E-state index < -0.39 is 5.97 Å². The molecule has 0 amide bonds. The van der Waals surface area contributed by atoms with Crippen LogP contribution in [0.3, 0.4) is 0 Å². The zero-order valence-corrected chi connectivity index (χ0v) is 11.5. The number of halogens is 1. The van der Waals surface area contributed by atoms with Gasteiger partial charge in [-0.25, -0.2) is 0 Å². The first-order valence-electron chi connectivity index (χ1n) is 5.72. The number of hydrogen-bond donors (Lipinski definition) is 2. The SMILES string of the molecule is Cc1ccc(Br)c(C2CC(C(=O)O)CN2)c1C. The fourth-order valence-electron chi connectivity index (χ4n) is 2.38. The fraction of sp³-hybridized carbons (Fsp3) is 0.462. The van der Waals surface area contributed by atoms with Gasteiger partial charge in [0.25, 0.3) is 0 Å². The predicted octanol–water partition coefficient (Wildman–Crippen LogP) is 2.80. The topological polar surface area (TPSA) is 49.3 Å². The molecule has 0 saturated carbocycles. The van der Waals surface area contributed by atoms with Crippen LogP contribution in [0.25, 0.3) is 0 Å². The van der Waals surface area contributed by atoms with Crippen LogP contribution in [0.4, 0.5) is 0 Å². The van der Waals surface area contributed by atoms with Crippen molar-refractivity contribution in [2.24, 2.45) is 5.92 Å². The summed E-state index contributed by atoms with van der Waals surface area (Å²) < 4.78 is 1.06. The van der Waals surface area contributed by atoms with Gasteiger partial charge < -0.3 is 10.4 Å². The van der Waals surface area contributed by atoms with Gasteiger partial charge in [-0.15, -0.1) is 0 Å². The number of benzene rings is 1. The predicted molar refractivity (Wildman–Crippen MR) is 70.1 cm³/mol. The zero-order chi connectivity index (χ0) is 12.6. The Morgan fingerprint density at radius 1 is 1.47 bits per heavy atom. The van der Waals surface area contributed by atoms with Crippen molar-refractivity contribution < 1.29 is 9.90 Å². The second kappa shape index (κ2) is 4.78. The van der Waals surface area contributed by atoms with Crippen LogP contribution >= 0.6 is 15.9 Å². The van der Waals surface area contributed by atoms with E-state index in [4.69, 9.17) is 5.11 Å². The Morgan fingerprint density at radius 3 is 2.76 bits per heavy atom. The van der Waals surface area contributed by atoms with Crippen molar-refractivity contribution in [1.82, 2.24) is 5.32 Å². The van der Waals surface area contributed by atoms with E-state index >= 15 is 0 Å². The molecule has 17 heavy (non-hydrogen) atoms. The lowest BCUT2D eigenvalue weighted by Gasteiger charge is -2.17. The number of carboxylic acid groups (broad SMARTS) is 1. The van der Waals surface area contributed by atoms with Gasteiger partial charge >= 0.3 is 5.97 Å². The normalized spacial score (nSPS) is 23.9. The molecular formula is C13H16BrNO2. The molecule has 0 aromatic heterocycles. The smallest absolute Gasteiger partial charge is 0.307 e. The molecule has 1 fully saturated rings. The summed E-state index contributed by atoms with van der Waals surface area (Å²) in [5.74, 6) is -0.978. The van der Waals surface area contributed by atoms with E-state index in [9.17, 15) is 4.79 Å². The number of carbonyl (C=O) groups is 1. The Bertz CT molecular complexity index is 459. The Hall–Kier alpha value is -0.870. The van der Waals surface area contributed by atoms with E-state index in [-0.39, 0.29) is 12.0 Å². The molecule has 1 heterocycles. The highest BCUT2D eigenvalue weighted by atomic mass is 79.9. The molecule has 1 saturated heterocycles. The van der Waals surface area contributed by atoms with Gasteiger partial charge in [-0.2, -0.15) is 0 Å². The van der Waals surface area contributed by atoms with Crippen LogP contribution in [0.1, 0.15) is 29.2 Å². The van der Waals surface area contributed by atoms with Crippen LogP contribution in [0.15, 0.2) is 16.6 Å². The summed E-state index contributed by atoms with van der Waals surface area (Å²) >= 11 is 3.56. The summed E-state index contributed by atoms with van der Waals surface area (Å²) in [4.78, 5) is 11.0. The van der Waals surface area contributed by atoms with Crippen LogP contribution in [-0.2, 0) is 4.79 Å². The van der Waals surface area contributed by atoms with E-state index in [1.54, 1.807) is 0 Å². The first kappa shape index (κ1) is 12.6. The van der Waals surface area contributed by atoms with Crippen LogP contribution in [0.5, 0.6) is 0 Å². The Kier molecular flexibility index (Phi) is 3.54. The third-order valence-electron chi connectivity index (χ3n) is 3.56. The minimum Gasteiger partial charge on any atom is -0.481 e. The molecule has 4 heteroatoms. The molecule has 0 bridgehead atoms. The monoisotopic (exact) mass is 297 g/mol. The molecule has 1 aromatic rings. The largest absolute Gasteiger partial charge is 0.481 e. The van der Waals surface area contributed by atoms with Crippen molar-refractivity contribution in [3.63, 3.8) is 0 Å². The van der Waals surface area contributed by atoms with Gasteiger partial charge in [-0.1, -0.05) is 22.0 Å². The third kappa shape index (κ3) is 2.38. The van der Waals surface area contributed by atoms with Gasteiger partial charge in [-0.05, 0) is 43.0 Å². The number of aryl methyl sites for hydroxylation is 1. The van der Waals surface area contributed by atoms with Crippen molar-refractivity contribution in [2.45, 2.75) is 26.3 Å². The van der Waals surface area contributed by atoms with Gasteiger partial charge in [0, 0.05) is 17.1 Å². The maximum absolute atomic E-state index is 11.0. The molecule has 0 spiro atoms. The molecule has 2 unspecified atom stereocenters. The number of hydrogen-bond acceptors (Lipinski definition) is 2. The van der Waals surface area contributed by atoms with E-state index in [0.717, 1.165) is 4.47 Å². The number of rotatable bonds is 2. The summed E-state index contributed by atoms with van der Waals surface area (Å²) in [6, 6.07) is 4.25. The average Bonchev–Trinajstić information content (AvgIpc) is 2.73. The molecule has 92 valence electrons. The van der Waals surface area contributed by atoms with Gasteiger partial charge in [0.15, 0.2) is 0 Å². The van der Waals surface area contributed by atoms with Gasteiger partial charge in [0.05, 0.1) is 5.92 Å². The van der Waals surface area contributed by atoms with Gasteiger partial charge in [0.1, 0.15) is 0 Å². The zero-order valence-electron chi connectivity index (χ0n) is 9.96. The lowest BCUT2D eigenvalue weighted by atomic mass is 9.94. The van der Waals surface area contributed by atoms with Crippen LogP contribution in [0.2, 0.25) is 0 Å². The van der Waals surface area contributed by atoms with E-state index in [1.165, 1.54) is 16.7 Å². The van der Waals surface area contributed by atoms with Crippen molar-refractivity contribution in [3.8, 4) is 0 Å². The number of carboxylic acids is 1. The average molecular weight is 298 g/mol. The molecule has 1 aliphatic rings. The van der Waals surface area contributed by atoms with Crippen molar-refractivity contribution in [3.05, 3.63) is 33.3 Å². The van der Waals surface area contributed by atoms with Gasteiger partial charge in [-0.3, -0.25) is 4.79 Å². The van der Waals surface area contributed by atoms with Crippen molar-refractivity contribution >= 4 is 21.9 Å². The van der Waals surface area contributed by atoms with Gasteiger partial charge in [0.2, 0.25) is 0 Å². The summed E-state index contributed by atoms with van der Waals surface area (Å²) in [5, 5.41) is 12.3. The number of aliphatic carboxylic acids is 1. The second-order valence-corrected chi connectivity index (χ2v) is 5.49. The van der Waals surface area contributed by atoms with Crippen LogP contribution in [0, 0.1) is 19.8 Å². The molecule has 0 aliphatic carbocycles.